The van der Waals surface area contributed by atoms with Crippen LogP contribution in [-0.2, 0) is 0 Å². The van der Waals surface area contributed by atoms with Crippen LogP contribution in [0, 0.1) is 5.92 Å². The van der Waals surface area contributed by atoms with E-state index in [1.54, 1.807) is 23.1 Å². The highest BCUT2D eigenvalue weighted by molar-refractivity contribution is 7.80. The third-order valence-corrected chi connectivity index (χ3v) is 3.25. The number of halogens is 2. The quantitative estimate of drug-likeness (QED) is 0.806. The largest absolute Gasteiger partial charge is 0.393 e. The van der Waals surface area contributed by atoms with Gasteiger partial charge in [-0.2, -0.15) is 0 Å². The second-order valence-corrected chi connectivity index (χ2v) is 6.42. The van der Waals surface area contributed by atoms with Gasteiger partial charge in [0.15, 0.2) is 0 Å². The van der Waals surface area contributed by atoms with Gasteiger partial charge in [-0.25, -0.2) is 0 Å². The first kappa shape index (κ1) is 17.2. The predicted octanol–water partition coefficient (Wildman–Crippen LogP) is 3.77. The molecule has 1 aromatic rings. The lowest BCUT2D eigenvalue weighted by atomic mass is 10.1. The van der Waals surface area contributed by atoms with E-state index >= 15 is 0 Å². The molecule has 0 aliphatic rings. The lowest BCUT2D eigenvalue weighted by molar-refractivity contribution is 0.0741. The van der Waals surface area contributed by atoms with Crippen LogP contribution in [0.25, 0.3) is 0 Å². The summed E-state index contributed by atoms with van der Waals surface area (Å²) in [4.78, 5) is 14.6. The van der Waals surface area contributed by atoms with Crippen molar-refractivity contribution in [2.24, 2.45) is 11.7 Å². The smallest absolute Gasteiger partial charge is 0.253 e. The second-order valence-electron chi connectivity index (χ2n) is 5.02. The van der Waals surface area contributed by atoms with Gasteiger partial charge in [-0.15, -0.1) is 0 Å². The maximum Gasteiger partial charge on any atom is 0.253 e. The summed E-state index contributed by atoms with van der Waals surface area (Å²) in [7, 11) is 0. The number of nitrogens with zero attached hydrogens (tertiary/aromatic N) is 1. The SMILES string of the molecule is CC(C)CN(CCC(N)=S)C(=O)c1cc(Cl)cc(Cl)c1. The monoisotopic (exact) mass is 332 g/mol. The Morgan fingerprint density at radius 1 is 1.30 bits per heavy atom. The summed E-state index contributed by atoms with van der Waals surface area (Å²) >= 11 is 16.7. The van der Waals surface area contributed by atoms with E-state index in [2.05, 4.69) is 0 Å². The van der Waals surface area contributed by atoms with Gasteiger partial charge in [0.1, 0.15) is 0 Å². The van der Waals surface area contributed by atoms with E-state index in [9.17, 15) is 4.79 Å². The average Bonchev–Trinajstić information content (AvgIpc) is 2.31. The van der Waals surface area contributed by atoms with Gasteiger partial charge in [0.2, 0.25) is 0 Å². The minimum atomic E-state index is -0.112. The molecule has 0 spiro atoms. The maximum atomic E-state index is 12.5. The third kappa shape index (κ3) is 5.65. The van der Waals surface area contributed by atoms with Crippen LogP contribution in [0.1, 0.15) is 30.6 Å². The number of benzene rings is 1. The Labute approximate surface area is 135 Å². The van der Waals surface area contributed by atoms with Crippen molar-refractivity contribution in [1.29, 1.82) is 0 Å². The molecule has 0 aliphatic heterocycles. The number of carbonyl (C=O) groups excluding carboxylic acids is 1. The Bertz CT molecular complexity index is 486. The summed E-state index contributed by atoms with van der Waals surface area (Å²) in [6.07, 6.45) is 0.502. The molecule has 3 nitrogen and oxygen atoms in total. The zero-order valence-electron chi connectivity index (χ0n) is 11.5. The lowest BCUT2D eigenvalue weighted by Gasteiger charge is -2.24. The molecule has 1 amide bonds. The highest BCUT2D eigenvalue weighted by Crippen LogP contribution is 2.20. The molecule has 0 bridgehead atoms. The first-order valence-corrected chi connectivity index (χ1v) is 7.49. The predicted molar refractivity (Wildman–Crippen MR) is 88.6 cm³/mol. The number of rotatable bonds is 6. The van der Waals surface area contributed by atoms with Gasteiger partial charge in [0.05, 0.1) is 4.99 Å². The summed E-state index contributed by atoms with van der Waals surface area (Å²) in [5.74, 6) is 0.235. The van der Waals surface area contributed by atoms with E-state index < -0.39 is 0 Å². The number of thiocarbonyl (C=S) groups is 1. The van der Waals surface area contributed by atoms with E-state index in [-0.39, 0.29) is 5.91 Å². The molecule has 110 valence electrons. The third-order valence-electron chi connectivity index (χ3n) is 2.61. The number of amides is 1. The zero-order chi connectivity index (χ0) is 15.3. The van der Waals surface area contributed by atoms with Crippen LogP contribution in [0.15, 0.2) is 18.2 Å². The van der Waals surface area contributed by atoms with Crippen molar-refractivity contribution in [3.8, 4) is 0 Å². The van der Waals surface area contributed by atoms with Gasteiger partial charge in [-0.1, -0.05) is 49.3 Å². The Kier molecular flexibility index (Phi) is 6.72. The molecule has 6 heteroatoms. The summed E-state index contributed by atoms with van der Waals surface area (Å²) < 4.78 is 0. The molecule has 0 heterocycles. The Morgan fingerprint density at radius 3 is 2.30 bits per heavy atom. The Balaban J connectivity index is 2.93. The molecule has 0 atom stereocenters. The fraction of sp³-hybridized carbons (Fsp3) is 0.429. The molecule has 1 aromatic carbocycles. The summed E-state index contributed by atoms with van der Waals surface area (Å²) in [5.41, 5.74) is 5.99. The number of hydrogen-bond donors (Lipinski definition) is 1. The highest BCUT2D eigenvalue weighted by Gasteiger charge is 2.18. The van der Waals surface area contributed by atoms with E-state index in [0.29, 0.717) is 46.0 Å². The highest BCUT2D eigenvalue weighted by atomic mass is 35.5. The maximum absolute atomic E-state index is 12.5. The number of carbonyl (C=O) groups is 1. The van der Waals surface area contributed by atoms with Crippen molar-refractivity contribution >= 4 is 46.3 Å². The normalized spacial score (nSPS) is 10.7. The molecule has 0 fully saturated rings. The Morgan fingerprint density at radius 2 is 1.85 bits per heavy atom. The average molecular weight is 333 g/mol. The first-order chi connectivity index (χ1) is 9.29. The molecule has 2 N–H and O–H groups in total. The van der Waals surface area contributed by atoms with E-state index in [1.807, 2.05) is 13.8 Å². The van der Waals surface area contributed by atoms with Gasteiger partial charge >= 0.3 is 0 Å². The van der Waals surface area contributed by atoms with Crippen LogP contribution >= 0.6 is 35.4 Å². The zero-order valence-corrected chi connectivity index (χ0v) is 13.9. The lowest BCUT2D eigenvalue weighted by Crippen LogP contribution is -2.36. The van der Waals surface area contributed by atoms with Gasteiger partial charge in [-0.3, -0.25) is 4.79 Å². The van der Waals surface area contributed by atoms with Crippen LogP contribution in [0.3, 0.4) is 0 Å². The van der Waals surface area contributed by atoms with E-state index in [4.69, 9.17) is 41.2 Å². The Hall–Kier alpha value is -0.840. The van der Waals surface area contributed by atoms with Crippen LogP contribution in [0.4, 0.5) is 0 Å². The minimum Gasteiger partial charge on any atom is -0.393 e. The first-order valence-electron chi connectivity index (χ1n) is 6.33. The molecular formula is C14H18Cl2N2OS. The van der Waals surface area contributed by atoms with Crippen molar-refractivity contribution in [3.63, 3.8) is 0 Å². The van der Waals surface area contributed by atoms with Crippen molar-refractivity contribution in [2.45, 2.75) is 20.3 Å². The standard InChI is InChI=1S/C14H18Cl2N2OS/c1-9(2)8-18(4-3-13(17)20)14(19)10-5-11(15)7-12(16)6-10/h5-7,9H,3-4,8H2,1-2H3,(H2,17,20). The van der Waals surface area contributed by atoms with Gasteiger partial charge in [-0.05, 0) is 24.1 Å². The molecule has 0 saturated heterocycles. The molecule has 0 aromatic heterocycles. The minimum absolute atomic E-state index is 0.112. The summed E-state index contributed by atoms with van der Waals surface area (Å²) in [5, 5.41) is 0.888. The van der Waals surface area contributed by atoms with Crippen LogP contribution in [-0.4, -0.2) is 28.9 Å². The van der Waals surface area contributed by atoms with Crippen LogP contribution in [0.5, 0.6) is 0 Å². The van der Waals surface area contributed by atoms with Gasteiger partial charge < -0.3 is 10.6 Å². The topological polar surface area (TPSA) is 46.3 Å². The molecule has 0 unspecified atom stereocenters. The molecule has 1 rings (SSSR count). The van der Waals surface area contributed by atoms with Crippen molar-refractivity contribution < 1.29 is 4.79 Å². The van der Waals surface area contributed by atoms with Crippen molar-refractivity contribution in [1.82, 2.24) is 4.90 Å². The molecule has 0 aliphatic carbocycles. The second kappa shape index (κ2) is 7.81. The molecule has 0 radical (unpaired) electrons. The summed E-state index contributed by atoms with van der Waals surface area (Å²) in [6.45, 7) is 5.22. The fourth-order valence-electron chi connectivity index (χ4n) is 1.82. The number of nitrogens with two attached hydrogens (primary N) is 1. The molecular weight excluding hydrogens is 315 g/mol. The van der Waals surface area contributed by atoms with E-state index in [0.717, 1.165) is 0 Å². The van der Waals surface area contributed by atoms with Crippen LogP contribution < -0.4 is 5.73 Å². The molecule has 0 saturated carbocycles. The molecule has 20 heavy (non-hydrogen) atoms. The summed E-state index contributed by atoms with van der Waals surface area (Å²) in [6, 6.07) is 4.83. The fourth-order valence-corrected chi connectivity index (χ4v) is 2.44. The van der Waals surface area contributed by atoms with Crippen LogP contribution in [0.2, 0.25) is 10.0 Å². The van der Waals surface area contributed by atoms with Crippen molar-refractivity contribution in [3.05, 3.63) is 33.8 Å². The van der Waals surface area contributed by atoms with Gasteiger partial charge in [0, 0.05) is 35.1 Å². The number of hydrogen-bond acceptors (Lipinski definition) is 2. The van der Waals surface area contributed by atoms with Gasteiger partial charge in [0.25, 0.3) is 5.91 Å². The van der Waals surface area contributed by atoms with Crippen molar-refractivity contribution in [2.75, 3.05) is 13.1 Å². The van der Waals surface area contributed by atoms with E-state index in [1.165, 1.54) is 0 Å².